The lowest BCUT2D eigenvalue weighted by atomic mass is 10.4. The maximum absolute atomic E-state index is 11.5. The van der Waals surface area contributed by atoms with E-state index in [-0.39, 0.29) is 34.2 Å². The second-order valence-electron chi connectivity index (χ2n) is 3.79. The first kappa shape index (κ1) is 15.1. The van der Waals surface area contributed by atoms with E-state index in [9.17, 15) is 14.9 Å². The van der Waals surface area contributed by atoms with E-state index in [1.54, 1.807) is 0 Å². The first-order valence-electron chi connectivity index (χ1n) is 5.33. The third kappa shape index (κ3) is 4.34. The number of hydrogen-bond acceptors (Lipinski definition) is 8. The molecule has 10 heteroatoms. The van der Waals surface area contributed by atoms with E-state index in [1.807, 2.05) is 13.8 Å². The van der Waals surface area contributed by atoms with Crippen LogP contribution in [0.2, 0.25) is 0 Å². The van der Waals surface area contributed by atoms with Crippen molar-refractivity contribution in [1.29, 1.82) is 0 Å². The summed E-state index contributed by atoms with van der Waals surface area (Å²) in [5, 5.41) is 13.7. The lowest BCUT2D eigenvalue weighted by Gasteiger charge is -2.08. The summed E-state index contributed by atoms with van der Waals surface area (Å²) in [5.41, 5.74) is 1.79. The molecule has 0 aromatic carbocycles. The lowest BCUT2D eigenvalue weighted by Crippen LogP contribution is -2.31. The van der Waals surface area contributed by atoms with Gasteiger partial charge in [0, 0.05) is 6.04 Å². The molecule has 0 saturated heterocycles. The molecule has 1 amide bonds. The maximum atomic E-state index is 11.5. The molecule has 1 aromatic heterocycles. The Balaban J connectivity index is 2.84. The zero-order valence-corrected chi connectivity index (χ0v) is 11.2. The van der Waals surface area contributed by atoms with Gasteiger partial charge in [-0.25, -0.2) is 15.8 Å². The van der Waals surface area contributed by atoms with Crippen LogP contribution >= 0.6 is 11.8 Å². The number of aromatic nitrogens is 2. The predicted molar refractivity (Wildman–Crippen MR) is 70.5 cm³/mol. The SMILES string of the molecule is CC(C)NC(=O)CSc1ncnc(NN)c1[N+](=O)[O-]. The van der Waals surface area contributed by atoms with Gasteiger partial charge in [-0.15, -0.1) is 0 Å². The van der Waals surface area contributed by atoms with Crippen LogP contribution in [-0.2, 0) is 4.79 Å². The van der Waals surface area contributed by atoms with Crippen molar-refractivity contribution in [2.24, 2.45) is 5.84 Å². The summed E-state index contributed by atoms with van der Waals surface area (Å²) in [6.07, 6.45) is 1.14. The molecule has 0 aliphatic carbocycles. The van der Waals surface area contributed by atoms with Crippen molar-refractivity contribution in [1.82, 2.24) is 15.3 Å². The van der Waals surface area contributed by atoms with E-state index in [0.717, 1.165) is 18.1 Å². The minimum atomic E-state index is -0.641. The molecule has 1 aromatic rings. The van der Waals surface area contributed by atoms with Gasteiger partial charge in [-0.2, -0.15) is 0 Å². The molecular formula is C9H14N6O3S. The van der Waals surface area contributed by atoms with Crippen LogP contribution in [0.1, 0.15) is 13.8 Å². The van der Waals surface area contributed by atoms with Crippen molar-refractivity contribution in [3.63, 3.8) is 0 Å². The van der Waals surface area contributed by atoms with Gasteiger partial charge >= 0.3 is 5.69 Å². The first-order valence-corrected chi connectivity index (χ1v) is 6.32. The minimum Gasteiger partial charge on any atom is -0.353 e. The molecule has 0 unspecified atom stereocenters. The predicted octanol–water partition coefficient (Wildman–Crippen LogP) is 0.287. The highest BCUT2D eigenvalue weighted by Crippen LogP contribution is 2.31. The van der Waals surface area contributed by atoms with Gasteiger partial charge in [0.2, 0.25) is 11.7 Å². The molecule has 0 radical (unpaired) electrons. The van der Waals surface area contributed by atoms with Crippen molar-refractivity contribution >= 4 is 29.2 Å². The van der Waals surface area contributed by atoms with Crippen LogP contribution in [0.15, 0.2) is 11.4 Å². The van der Waals surface area contributed by atoms with Crippen molar-refractivity contribution in [3.8, 4) is 0 Å². The summed E-state index contributed by atoms with van der Waals surface area (Å²) < 4.78 is 0. The first-order chi connectivity index (χ1) is 8.95. The van der Waals surface area contributed by atoms with Crippen LogP contribution < -0.4 is 16.6 Å². The monoisotopic (exact) mass is 286 g/mol. The zero-order chi connectivity index (χ0) is 14.4. The summed E-state index contributed by atoms with van der Waals surface area (Å²) >= 11 is 0.955. The minimum absolute atomic E-state index is 0.00903. The molecule has 0 bridgehead atoms. The number of anilines is 1. The molecule has 0 aliphatic heterocycles. The van der Waals surface area contributed by atoms with E-state index in [2.05, 4.69) is 20.7 Å². The number of rotatable bonds is 6. The average molecular weight is 286 g/mol. The van der Waals surface area contributed by atoms with Gasteiger partial charge in [0.05, 0.1) is 10.7 Å². The average Bonchev–Trinajstić information content (AvgIpc) is 2.34. The molecule has 4 N–H and O–H groups in total. The number of hydrazine groups is 1. The second-order valence-corrected chi connectivity index (χ2v) is 4.75. The van der Waals surface area contributed by atoms with Gasteiger partial charge in [0.1, 0.15) is 6.33 Å². The van der Waals surface area contributed by atoms with Crippen molar-refractivity contribution in [3.05, 3.63) is 16.4 Å². The molecule has 0 fully saturated rings. The van der Waals surface area contributed by atoms with Crippen molar-refractivity contribution < 1.29 is 9.72 Å². The summed E-state index contributed by atoms with van der Waals surface area (Å²) in [6, 6.07) is 0.00903. The van der Waals surface area contributed by atoms with Crippen LogP contribution in [0.3, 0.4) is 0 Å². The Morgan fingerprint density at radius 2 is 2.26 bits per heavy atom. The number of nitrogens with one attached hydrogen (secondary N) is 2. The molecule has 19 heavy (non-hydrogen) atoms. The maximum Gasteiger partial charge on any atom is 0.344 e. The molecule has 0 saturated carbocycles. The van der Waals surface area contributed by atoms with Crippen LogP contribution in [0.5, 0.6) is 0 Å². The summed E-state index contributed by atoms with van der Waals surface area (Å²) in [7, 11) is 0. The van der Waals surface area contributed by atoms with E-state index in [4.69, 9.17) is 5.84 Å². The Morgan fingerprint density at radius 1 is 1.58 bits per heavy atom. The summed E-state index contributed by atoms with van der Waals surface area (Å²) in [5.74, 6) is 4.86. The molecule has 104 valence electrons. The standard InChI is InChI=1S/C9H14N6O3S/c1-5(2)13-6(16)3-19-9-7(15(17)18)8(14-10)11-4-12-9/h4-5H,3,10H2,1-2H3,(H,13,16)(H,11,12,14). The molecular weight excluding hydrogens is 272 g/mol. The fraction of sp³-hybridized carbons (Fsp3) is 0.444. The smallest absolute Gasteiger partial charge is 0.344 e. The number of nitrogens with two attached hydrogens (primary N) is 1. The van der Waals surface area contributed by atoms with E-state index in [1.165, 1.54) is 0 Å². The number of thioether (sulfide) groups is 1. The third-order valence-corrected chi connectivity index (χ3v) is 2.88. The number of nitrogens with zero attached hydrogens (tertiary/aromatic N) is 3. The summed E-state index contributed by atoms with van der Waals surface area (Å²) in [4.78, 5) is 29.2. The van der Waals surface area contributed by atoms with Gasteiger partial charge < -0.3 is 10.7 Å². The Morgan fingerprint density at radius 3 is 2.79 bits per heavy atom. The van der Waals surface area contributed by atoms with E-state index >= 15 is 0 Å². The number of nitrogen functional groups attached to an aromatic ring is 1. The van der Waals surface area contributed by atoms with Crippen LogP contribution in [0.4, 0.5) is 11.5 Å². The van der Waals surface area contributed by atoms with Gasteiger partial charge in [0.15, 0.2) is 5.03 Å². The Hall–Kier alpha value is -1.94. The number of carbonyl (C=O) groups is 1. The Bertz CT molecular complexity index is 481. The Labute approximate surface area is 113 Å². The number of carbonyl (C=O) groups excluding carboxylic acids is 1. The van der Waals surface area contributed by atoms with Crippen molar-refractivity contribution in [2.75, 3.05) is 11.2 Å². The normalized spacial score (nSPS) is 10.3. The molecule has 0 atom stereocenters. The van der Waals surface area contributed by atoms with Gasteiger partial charge in [-0.1, -0.05) is 11.8 Å². The number of hydrogen-bond donors (Lipinski definition) is 3. The zero-order valence-electron chi connectivity index (χ0n) is 10.4. The quantitative estimate of drug-likeness (QED) is 0.223. The summed E-state index contributed by atoms with van der Waals surface area (Å²) in [6.45, 7) is 3.65. The van der Waals surface area contributed by atoms with E-state index < -0.39 is 4.92 Å². The van der Waals surface area contributed by atoms with Gasteiger partial charge in [0.25, 0.3) is 0 Å². The number of amides is 1. The van der Waals surface area contributed by atoms with Crippen LogP contribution in [-0.4, -0.2) is 32.6 Å². The largest absolute Gasteiger partial charge is 0.353 e. The highest BCUT2D eigenvalue weighted by molar-refractivity contribution is 8.00. The molecule has 0 spiro atoms. The third-order valence-electron chi connectivity index (χ3n) is 1.90. The molecule has 0 aliphatic rings. The van der Waals surface area contributed by atoms with Crippen LogP contribution in [0.25, 0.3) is 0 Å². The second kappa shape index (κ2) is 6.85. The Kier molecular flexibility index (Phi) is 5.45. The van der Waals surface area contributed by atoms with Gasteiger partial charge in [-0.3, -0.25) is 14.9 Å². The topological polar surface area (TPSA) is 136 Å². The fourth-order valence-corrected chi connectivity index (χ4v) is 2.02. The molecule has 9 nitrogen and oxygen atoms in total. The highest BCUT2D eigenvalue weighted by Gasteiger charge is 2.23. The molecule has 1 heterocycles. The molecule has 1 rings (SSSR count). The lowest BCUT2D eigenvalue weighted by molar-refractivity contribution is -0.387. The fourth-order valence-electron chi connectivity index (χ4n) is 1.24. The van der Waals surface area contributed by atoms with Crippen LogP contribution in [0, 0.1) is 10.1 Å². The highest BCUT2D eigenvalue weighted by atomic mass is 32.2. The number of nitro groups is 1. The van der Waals surface area contributed by atoms with Crippen molar-refractivity contribution in [2.45, 2.75) is 24.9 Å². The van der Waals surface area contributed by atoms with E-state index in [0.29, 0.717) is 0 Å². The van der Waals surface area contributed by atoms with Gasteiger partial charge in [-0.05, 0) is 13.8 Å².